The average Bonchev–Trinajstić information content (AvgIpc) is 3.46. The molecule has 2 aromatic rings. The third-order valence-electron chi connectivity index (χ3n) is 5.85. The topological polar surface area (TPSA) is 60.9 Å². The Hall–Kier alpha value is -2.82. The van der Waals surface area contributed by atoms with Crippen molar-refractivity contribution in [3.63, 3.8) is 0 Å². The number of carbonyl (C=O) groups is 2. The van der Waals surface area contributed by atoms with E-state index in [1.807, 2.05) is 41.3 Å². The molecule has 5 nitrogen and oxygen atoms in total. The summed E-state index contributed by atoms with van der Waals surface area (Å²) in [7, 11) is 0. The lowest BCUT2D eigenvalue weighted by molar-refractivity contribution is -0.134. The van der Waals surface area contributed by atoms with Gasteiger partial charge in [0.05, 0.1) is 5.56 Å². The second kappa shape index (κ2) is 7.66. The van der Waals surface area contributed by atoms with Crippen molar-refractivity contribution in [3.8, 4) is 5.75 Å². The molecule has 1 saturated heterocycles. The molecule has 2 unspecified atom stereocenters. The van der Waals surface area contributed by atoms with Crippen molar-refractivity contribution in [1.29, 1.82) is 0 Å². The highest BCUT2D eigenvalue weighted by atomic mass is 16.3. The first kappa shape index (κ1) is 18.5. The van der Waals surface area contributed by atoms with E-state index in [2.05, 4.69) is 6.92 Å². The van der Waals surface area contributed by atoms with Gasteiger partial charge in [-0.3, -0.25) is 9.59 Å². The number of benzene rings is 2. The van der Waals surface area contributed by atoms with Crippen LogP contribution in [0.5, 0.6) is 5.75 Å². The van der Waals surface area contributed by atoms with Crippen molar-refractivity contribution in [2.24, 2.45) is 11.8 Å². The summed E-state index contributed by atoms with van der Waals surface area (Å²) in [6.45, 7) is 4.26. The first-order valence-electron chi connectivity index (χ1n) is 9.97. The maximum atomic E-state index is 13.0. The van der Waals surface area contributed by atoms with Gasteiger partial charge in [-0.1, -0.05) is 43.3 Å². The standard InChI is InChI=1S/C23H26N2O3/c1-16-13-19(16)22(27)24-9-11-25(12-10-24)23(28)20-15-18(7-8-21(20)26)14-17-5-3-2-4-6-17/h2-8,15-16,19,26H,9-14H2,1H3. The molecule has 1 saturated carbocycles. The van der Waals surface area contributed by atoms with Crippen LogP contribution in [0, 0.1) is 11.8 Å². The zero-order chi connectivity index (χ0) is 19.7. The van der Waals surface area contributed by atoms with Crippen LogP contribution in [0.15, 0.2) is 48.5 Å². The molecule has 1 aliphatic heterocycles. The predicted molar refractivity (Wildman–Crippen MR) is 107 cm³/mol. The lowest BCUT2D eigenvalue weighted by Crippen LogP contribution is -2.51. The van der Waals surface area contributed by atoms with Crippen LogP contribution in [0.25, 0.3) is 0 Å². The minimum atomic E-state index is -0.167. The quantitative estimate of drug-likeness (QED) is 0.890. The van der Waals surface area contributed by atoms with Crippen LogP contribution in [0.3, 0.4) is 0 Å². The van der Waals surface area contributed by atoms with E-state index >= 15 is 0 Å². The number of piperazine rings is 1. The minimum absolute atomic E-state index is 0.00660. The summed E-state index contributed by atoms with van der Waals surface area (Å²) >= 11 is 0. The molecule has 0 bridgehead atoms. The molecule has 2 atom stereocenters. The van der Waals surface area contributed by atoms with Crippen molar-refractivity contribution in [2.75, 3.05) is 26.2 Å². The zero-order valence-corrected chi connectivity index (χ0v) is 16.2. The summed E-state index contributed by atoms with van der Waals surface area (Å²) < 4.78 is 0. The van der Waals surface area contributed by atoms with E-state index in [1.165, 1.54) is 0 Å². The van der Waals surface area contributed by atoms with Crippen LogP contribution in [0.4, 0.5) is 0 Å². The summed E-state index contributed by atoms with van der Waals surface area (Å²) in [5.74, 6) is 0.746. The number of carbonyl (C=O) groups excluding carboxylic acids is 2. The predicted octanol–water partition coefficient (Wildman–Crippen LogP) is 2.92. The van der Waals surface area contributed by atoms with Gasteiger partial charge in [0.25, 0.3) is 5.91 Å². The Balaban J connectivity index is 1.42. The highest BCUT2D eigenvalue weighted by molar-refractivity contribution is 5.97. The fourth-order valence-electron chi connectivity index (χ4n) is 3.90. The number of hydrogen-bond donors (Lipinski definition) is 1. The Morgan fingerprint density at radius 1 is 0.964 bits per heavy atom. The third-order valence-corrected chi connectivity index (χ3v) is 5.85. The van der Waals surface area contributed by atoms with Crippen LogP contribution in [0.1, 0.15) is 34.8 Å². The van der Waals surface area contributed by atoms with E-state index in [9.17, 15) is 14.7 Å². The minimum Gasteiger partial charge on any atom is -0.507 e. The van der Waals surface area contributed by atoms with Gasteiger partial charge >= 0.3 is 0 Å². The van der Waals surface area contributed by atoms with E-state index in [0.29, 0.717) is 44.1 Å². The number of rotatable bonds is 4. The summed E-state index contributed by atoms with van der Waals surface area (Å²) in [5.41, 5.74) is 2.49. The van der Waals surface area contributed by atoms with Gasteiger partial charge in [-0.05, 0) is 42.0 Å². The van der Waals surface area contributed by atoms with Crippen LogP contribution < -0.4 is 0 Å². The molecule has 2 amide bonds. The lowest BCUT2D eigenvalue weighted by Gasteiger charge is -2.35. The van der Waals surface area contributed by atoms with Gasteiger partial charge in [-0.25, -0.2) is 0 Å². The first-order chi connectivity index (χ1) is 13.5. The molecule has 1 aliphatic carbocycles. The molecule has 5 heteroatoms. The van der Waals surface area contributed by atoms with Crippen LogP contribution in [-0.2, 0) is 11.2 Å². The molecule has 0 spiro atoms. The second-order valence-electron chi connectivity index (χ2n) is 7.95. The molecule has 2 aliphatic rings. The van der Waals surface area contributed by atoms with Gasteiger partial charge in [-0.15, -0.1) is 0 Å². The Morgan fingerprint density at radius 3 is 2.25 bits per heavy atom. The molecule has 28 heavy (non-hydrogen) atoms. The molecule has 2 aromatic carbocycles. The van der Waals surface area contributed by atoms with Gasteiger partial charge in [-0.2, -0.15) is 0 Å². The highest BCUT2D eigenvalue weighted by Crippen LogP contribution is 2.39. The van der Waals surface area contributed by atoms with E-state index in [4.69, 9.17) is 0 Å². The van der Waals surface area contributed by atoms with Crippen LogP contribution in [0.2, 0.25) is 0 Å². The number of phenolic OH excluding ortho intramolecular Hbond substituents is 1. The van der Waals surface area contributed by atoms with Gasteiger partial charge in [0, 0.05) is 32.1 Å². The molecule has 2 fully saturated rings. The van der Waals surface area contributed by atoms with Crippen molar-refractivity contribution < 1.29 is 14.7 Å². The smallest absolute Gasteiger partial charge is 0.257 e. The highest BCUT2D eigenvalue weighted by Gasteiger charge is 2.42. The fraction of sp³-hybridized carbons (Fsp3) is 0.391. The third kappa shape index (κ3) is 3.88. The SMILES string of the molecule is CC1CC1C(=O)N1CCN(C(=O)c2cc(Cc3ccccc3)ccc2O)CC1. The number of aromatic hydroxyl groups is 1. The first-order valence-corrected chi connectivity index (χ1v) is 9.97. The molecule has 146 valence electrons. The van der Waals surface area contributed by atoms with E-state index in [-0.39, 0.29) is 23.5 Å². The average molecular weight is 378 g/mol. The molecular formula is C23H26N2O3. The molecule has 0 aromatic heterocycles. The molecule has 4 rings (SSSR count). The maximum absolute atomic E-state index is 13.0. The van der Waals surface area contributed by atoms with Crippen molar-refractivity contribution in [1.82, 2.24) is 9.80 Å². The van der Waals surface area contributed by atoms with E-state index in [0.717, 1.165) is 17.5 Å². The summed E-state index contributed by atoms with van der Waals surface area (Å²) in [6, 6.07) is 15.3. The molecule has 0 radical (unpaired) electrons. The number of phenols is 1. The van der Waals surface area contributed by atoms with Gasteiger partial charge in [0.1, 0.15) is 5.75 Å². The normalized spacial score (nSPS) is 21.5. The van der Waals surface area contributed by atoms with E-state index in [1.54, 1.807) is 17.0 Å². The second-order valence-corrected chi connectivity index (χ2v) is 7.95. The van der Waals surface area contributed by atoms with Crippen molar-refractivity contribution in [3.05, 3.63) is 65.2 Å². The molecule has 1 N–H and O–H groups in total. The summed E-state index contributed by atoms with van der Waals surface area (Å²) in [4.78, 5) is 29.0. The molecular weight excluding hydrogens is 352 g/mol. The zero-order valence-electron chi connectivity index (χ0n) is 16.2. The number of nitrogens with zero attached hydrogens (tertiary/aromatic N) is 2. The number of hydrogen-bond acceptors (Lipinski definition) is 3. The Labute approximate surface area is 165 Å². The van der Waals surface area contributed by atoms with E-state index < -0.39 is 0 Å². The van der Waals surface area contributed by atoms with Gasteiger partial charge < -0.3 is 14.9 Å². The van der Waals surface area contributed by atoms with Crippen LogP contribution >= 0.6 is 0 Å². The Kier molecular flexibility index (Phi) is 5.07. The largest absolute Gasteiger partial charge is 0.507 e. The monoisotopic (exact) mass is 378 g/mol. The van der Waals surface area contributed by atoms with Crippen LogP contribution in [-0.4, -0.2) is 52.9 Å². The summed E-state index contributed by atoms with van der Waals surface area (Å²) in [6.07, 6.45) is 1.70. The summed E-state index contributed by atoms with van der Waals surface area (Å²) in [5, 5.41) is 10.2. The number of amides is 2. The van der Waals surface area contributed by atoms with Crippen molar-refractivity contribution in [2.45, 2.75) is 19.8 Å². The lowest BCUT2D eigenvalue weighted by atomic mass is 10.0. The maximum Gasteiger partial charge on any atom is 0.257 e. The van der Waals surface area contributed by atoms with Gasteiger partial charge in [0.15, 0.2) is 0 Å². The van der Waals surface area contributed by atoms with Gasteiger partial charge in [0.2, 0.25) is 5.91 Å². The fourth-order valence-corrected chi connectivity index (χ4v) is 3.90. The van der Waals surface area contributed by atoms with Crippen molar-refractivity contribution >= 4 is 11.8 Å². The Bertz CT molecular complexity index is 873. The Morgan fingerprint density at radius 2 is 1.61 bits per heavy atom. The molecule has 1 heterocycles.